The van der Waals surface area contributed by atoms with E-state index in [1.54, 1.807) is 20.8 Å². The van der Waals surface area contributed by atoms with Crippen molar-refractivity contribution in [2.24, 2.45) is 5.92 Å². The first-order valence-electron chi connectivity index (χ1n) is 6.22. The van der Waals surface area contributed by atoms with Crippen LogP contribution in [0, 0.1) is 5.92 Å². The van der Waals surface area contributed by atoms with E-state index in [1.165, 1.54) is 0 Å². The van der Waals surface area contributed by atoms with Crippen molar-refractivity contribution in [3.63, 3.8) is 0 Å². The van der Waals surface area contributed by atoms with E-state index in [9.17, 15) is 18.4 Å². The first-order chi connectivity index (χ1) is 9.10. The van der Waals surface area contributed by atoms with Gasteiger partial charge in [0.2, 0.25) is 0 Å². The van der Waals surface area contributed by atoms with Crippen LogP contribution < -0.4 is 0 Å². The van der Waals surface area contributed by atoms with Crippen molar-refractivity contribution in [3.8, 4) is 0 Å². The van der Waals surface area contributed by atoms with Crippen LogP contribution in [0.4, 0.5) is 13.6 Å². The number of carbonyl (C=O) groups is 2. The lowest BCUT2D eigenvalue weighted by Crippen LogP contribution is -2.43. The van der Waals surface area contributed by atoms with Crippen molar-refractivity contribution < 1.29 is 33.0 Å². The van der Waals surface area contributed by atoms with Gasteiger partial charge >= 0.3 is 18.7 Å². The molecule has 1 fully saturated rings. The van der Waals surface area contributed by atoms with E-state index < -0.39 is 36.2 Å². The van der Waals surface area contributed by atoms with Crippen molar-refractivity contribution in [2.45, 2.75) is 45.4 Å². The average molecular weight is 295 g/mol. The molecular weight excluding hydrogens is 276 g/mol. The van der Waals surface area contributed by atoms with Crippen LogP contribution in [0.15, 0.2) is 0 Å². The van der Waals surface area contributed by atoms with Crippen LogP contribution in [0.25, 0.3) is 0 Å². The van der Waals surface area contributed by atoms with Gasteiger partial charge < -0.3 is 14.6 Å². The lowest BCUT2D eigenvalue weighted by atomic mass is 10.1. The van der Waals surface area contributed by atoms with Gasteiger partial charge in [-0.2, -0.15) is 8.78 Å². The molecule has 1 amide bonds. The molecule has 0 unspecified atom stereocenters. The number of amides is 1. The minimum Gasteiger partial charge on any atom is -0.480 e. The number of carbonyl (C=O) groups excluding carboxylic acids is 1. The van der Waals surface area contributed by atoms with Gasteiger partial charge in [-0.25, -0.2) is 9.59 Å². The number of nitrogens with zero attached hydrogens (tertiary/aromatic N) is 1. The quantitative estimate of drug-likeness (QED) is 0.857. The van der Waals surface area contributed by atoms with Crippen molar-refractivity contribution in [1.82, 2.24) is 4.90 Å². The Bertz CT molecular complexity index is 369. The largest absolute Gasteiger partial charge is 0.480 e. The van der Waals surface area contributed by atoms with Crippen LogP contribution in [0.3, 0.4) is 0 Å². The number of carboxylic acid groups (broad SMARTS) is 1. The van der Waals surface area contributed by atoms with E-state index in [1.807, 2.05) is 0 Å². The second-order valence-electron chi connectivity index (χ2n) is 5.68. The lowest BCUT2D eigenvalue weighted by Gasteiger charge is -2.26. The summed E-state index contributed by atoms with van der Waals surface area (Å²) in [5, 5.41) is 9.09. The minimum atomic E-state index is -2.91. The number of aliphatic carboxylic acids is 1. The summed E-state index contributed by atoms with van der Waals surface area (Å²) in [4.78, 5) is 24.1. The van der Waals surface area contributed by atoms with Gasteiger partial charge in [-0.3, -0.25) is 4.90 Å². The summed E-state index contributed by atoms with van der Waals surface area (Å²) in [5.41, 5.74) is -0.752. The molecule has 1 aliphatic rings. The molecule has 0 aromatic heterocycles. The Labute approximate surface area is 115 Å². The van der Waals surface area contributed by atoms with Gasteiger partial charge in [-0.15, -0.1) is 0 Å². The van der Waals surface area contributed by atoms with Gasteiger partial charge in [-0.1, -0.05) is 0 Å². The fraction of sp³-hybridized carbons (Fsp3) is 0.833. The van der Waals surface area contributed by atoms with Crippen LogP contribution >= 0.6 is 0 Å². The predicted molar refractivity (Wildman–Crippen MR) is 64.4 cm³/mol. The molecule has 0 radical (unpaired) electrons. The highest BCUT2D eigenvalue weighted by atomic mass is 19.3. The first-order valence-corrected chi connectivity index (χ1v) is 6.22. The van der Waals surface area contributed by atoms with Crippen molar-refractivity contribution in [2.75, 3.05) is 13.2 Å². The highest BCUT2D eigenvalue weighted by molar-refractivity contribution is 5.81. The molecule has 116 valence electrons. The SMILES string of the molecule is CC(C)(C)OC(=O)N1C[C@@H](COC(F)F)C[C@H]1C(=O)O. The maximum absolute atomic E-state index is 12.0. The van der Waals surface area contributed by atoms with Crippen LogP contribution in [-0.4, -0.2) is 53.5 Å². The normalized spacial score (nSPS) is 23.2. The number of carboxylic acids is 1. The molecule has 0 aromatic carbocycles. The first kappa shape index (κ1) is 16.6. The molecule has 0 saturated carbocycles. The Morgan fingerprint density at radius 2 is 2.00 bits per heavy atom. The third kappa shape index (κ3) is 4.92. The summed E-state index contributed by atoms with van der Waals surface area (Å²) in [7, 11) is 0. The molecule has 0 aromatic rings. The average Bonchev–Trinajstić information content (AvgIpc) is 2.68. The number of hydrogen-bond donors (Lipinski definition) is 1. The number of alkyl halides is 2. The smallest absolute Gasteiger partial charge is 0.411 e. The molecule has 20 heavy (non-hydrogen) atoms. The Hall–Kier alpha value is -1.44. The molecule has 0 bridgehead atoms. The van der Waals surface area contributed by atoms with Gasteiger partial charge in [-0.05, 0) is 27.2 Å². The molecule has 6 nitrogen and oxygen atoms in total. The Balaban J connectivity index is 2.67. The molecule has 1 aliphatic heterocycles. The number of likely N-dealkylation sites (tertiary alicyclic amines) is 1. The van der Waals surface area contributed by atoms with E-state index in [0.29, 0.717) is 0 Å². The number of halogens is 2. The zero-order valence-electron chi connectivity index (χ0n) is 11.6. The summed E-state index contributed by atoms with van der Waals surface area (Å²) in [6.45, 7) is 1.81. The van der Waals surface area contributed by atoms with Crippen LogP contribution in [-0.2, 0) is 14.3 Å². The van der Waals surface area contributed by atoms with Crippen LogP contribution in [0.5, 0.6) is 0 Å². The Kier molecular flexibility index (Phi) is 5.27. The molecule has 1 saturated heterocycles. The summed E-state index contributed by atoms with van der Waals surface area (Å²) < 4.78 is 33.2. The van der Waals surface area contributed by atoms with E-state index in [4.69, 9.17) is 9.84 Å². The fourth-order valence-corrected chi connectivity index (χ4v) is 2.01. The zero-order chi connectivity index (χ0) is 15.5. The second-order valence-corrected chi connectivity index (χ2v) is 5.68. The van der Waals surface area contributed by atoms with Crippen molar-refractivity contribution in [3.05, 3.63) is 0 Å². The number of ether oxygens (including phenoxy) is 2. The minimum absolute atomic E-state index is 0.0264. The predicted octanol–water partition coefficient (Wildman–Crippen LogP) is 1.94. The third-order valence-electron chi connectivity index (χ3n) is 2.76. The molecule has 2 atom stereocenters. The highest BCUT2D eigenvalue weighted by Crippen LogP contribution is 2.26. The molecule has 0 spiro atoms. The number of rotatable bonds is 4. The molecule has 1 N–H and O–H groups in total. The highest BCUT2D eigenvalue weighted by Gasteiger charge is 2.41. The van der Waals surface area contributed by atoms with Gasteiger partial charge in [0, 0.05) is 12.5 Å². The third-order valence-corrected chi connectivity index (χ3v) is 2.76. The zero-order valence-corrected chi connectivity index (χ0v) is 11.6. The van der Waals surface area contributed by atoms with Gasteiger partial charge in [0.05, 0.1) is 6.61 Å². The molecular formula is C12H19F2NO5. The fourth-order valence-electron chi connectivity index (χ4n) is 2.01. The molecule has 1 heterocycles. The van der Waals surface area contributed by atoms with E-state index >= 15 is 0 Å². The van der Waals surface area contributed by atoms with Crippen LogP contribution in [0.1, 0.15) is 27.2 Å². The summed E-state index contributed by atoms with van der Waals surface area (Å²) in [5.74, 6) is -1.63. The van der Waals surface area contributed by atoms with Gasteiger partial charge in [0.15, 0.2) is 0 Å². The summed E-state index contributed by atoms with van der Waals surface area (Å²) in [6.07, 6.45) is -0.689. The molecule has 1 rings (SSSR count). The maximum Gasteiger partial charge on any atom is 0.411 e. The monoisotopic (exact) mass is 295 g/mol. The van der Waals surface area contributed by atoms with Crippen molar-refractivity contribution in [1.29, 1.82) is 0 Å². The lowest BCUT2D eigenvalue weighted by molar-refractivity contribution is -0.142. The number of hydrogen-bond acceptors (Lipinski definition) is 4. The standard InChI is InChI=1S/C12H19F2NO5/c1-12(2,3)20-11(18)15-5-7(6-19-10(13)14)4-8(15)9(16)17/h7-8,10H,4-6H2,1-3H3,(H,16,17)/t7-,8-/m0/s1. The van der Waals surface area contributed by atoms with Crippen LogP contribution in [0.2, 0.25) is 0 Å². The van der Waals surface area contributed by atoms with Gasteiger partial charge in [0.25, 0.3) is 0 Å². The summed E-state index contributed by atoms with van der Waals surface area (Å²) >= 11 is 0. The second kappa shape index (κ2) is 6.34. The Morgan fingerprint density at radius 1 is 1.40 bits per heavy atom. The van der Waals surface area contributed by atoms with E-state index in [2.05, 4.69) is 4.74 Å². The Morgan fingerprint density at radius 3 is 2.45 bits per heavy atom. The maximum atomic E-state index is 12.0. The molecule has 8 heteroatoms. The van der Waals surface area contributed by atoms with Crippen molar-refractivity contribution >= 4 is 12.1 Å². The topological polar surface area (TPSA) is 76.1 Å². The van der Waals surface area contributed by atoms with Gasteiger partial charge in [0.1, 0.15) is 11.6 Å². The van der Waals surface area contributed by atoms with E-state index in [-0.39, 0.29) is 19.6 Å². The van der Waals surface area contributed by atoms with E-state index in [0.717, 1.165) is 4.90 Å². The molecule has 0 aliphatic carbocycles. The summed E-state index contributed by atoms with van der Waals surface area (Å²) in [6, 6.07) is -1.07.